The van der Waals surface area contributed by atoms with Crippen LogP contribution in [0, 0.1) is 0 Å². The van der Waals surface area contributed by atoms with Crippen molar-refractivity contribution >= 4 is 21.6 Å². The molecule has 0 amide bonds. The highest BCUT2D eigenvalue weighted by Crippen LogP contribution is 2.34. The second-order valence-corrected chi connectivity index (χ2v) is 6.25. The van der Waals surface area contributed by atoms with E-state index in [1.54, 1.807) is 0 Å². The summed E-state index contributed by atoms with van der Waals surface area (Å²) in [6, 6.07) is 14.9. The van der Waals surface area contributed by atoms with E-state index in [4.69, 9.17) is 0 Å². The first-order chi connectivity index (χ1) is 9.66. The summed E-state index contributed by atoms with van der Waals surface area (Å²) in [7, 11) is 0. The van der Waals surface area contributed by atoms with E-state index < -0.39 is 0 Å². The number of rotatable bonds is 2. The Kier molecular flexibility index (Phi) is 3.70. The van der Waals surface area contributed by atoms with E-state index in [1.807, 2.05) is 18.2 Å². The topological polar surface area (TPSA) is 23.5 Å². The molecule has 0 spiro atoms. The Balaban J connectivity index is 1.96. The average molecular weight is 332 g/mol. The van der Waals surface area contributed by atoms with E-state index in [0.29, 0.717) is 11.8 Å². The van der Waals surface area contributed by atoms with Gasteiger partial charge in [-0.1, -0.05) is 30.3 Å². The van der Waals surface area contributed by atoms with Crippen molar-refractivity contribution in [2.24, 2.45) is 0 Å². The summed E-state index contributed by atoms with van der Waals surface area (Å²) in [5, 5.41) is 10.2. The minimum Gasteiger partial charge on any atom is -0.506 e. The van der Waals surface area contributed by atoms with Crippen molar-refractivity contribution in [2.75, 3.05) is 4.90 Å². The summed E-state index contributed by atoms with van der Waals surface area (Å²) in [6.45, 7) is 2.99. The van der Waals surface area contributed by atoms with Crippen LogP contribution < -0.4 is 4.90 Å². The predicted octanol–water partition coefficient (Wildman–Crippen LogP) is 4.50. The van der Waals surface area contributed by atoms with Gasteiger partial charge in [0, 0.05) is 23.8 Å². The first-order valence-corrected chi connectivity index (χ1v) is 7.77. The van der Waals surface area contributed by atoms with Crippen molar-refractivity contribution in [3.05, 3.63) is 58.1 Å². The van der Waals surface area contributed by atoms with Crippen LogP contribution in [-0.4, -0.2) is 11.1 Å². The van der Waals surface area contributed by atoms with E-state index >= 15 is 0 Å². The van der Waals surface area contributed by atoms with Crippen LogP contribution in [0.1, 0.15) is 24.5 Å². The van der Waals surface area contributed by atoms with Crippen LogP contribution in [0.3, 0.4) is 0 Å². The lowest BCUT2D eigenvalue weighted by atomic mass is 9.96. The zero-order valence-electron chi connectivity index (χ0n) is 11.5. The molecule has 104 valence electrons. The van der Waals surface area contributed by atoms with Crippen LogP contribution in [-0.2, 0) is 13.0 Å². The molecule has 0 fully saturated rings. The van der Waals surface area contributed by atoms with Crippen molar-refractivity contribution in [1.29, 1.82) is 0 Å². The van der Waals surface area contributed by atoms with Gasteiger partial charge in [-0.15, -0.1) is 0 Å². The maximum Gasteiger partial charge on any atom is 0.134 e. The molecule has 1 aliphatic rings. The Bertz CT molecular complexity index is 626. The molecule has 1 aliphatic heterocycles. The molecule has 3 heteroatoms. The fraction of sp³-hybridized carbons (Fsp3) is 0.294. The van der Waals surface area contributed by atoms with E-state index in [2.05, 4.69) is 52.0 Å². The number of phenols is 1. The third-order valence-corrected chi connectivity index (χ3v) is 4.72. The fourth-order valence-corrected chi connectivity index (χ4v) is 3.28. The number of fused-ring (bicyclic) bond motifs is 1. The highest BCUT2D eigenvalue weighted by molar-refractivity contribution is 9.10. The molecule has 2 aromatic carbocycles. The zero-order chi connectivity index (χ0) is 14.1. The average Bonchev–Trinajstić information content (AvgIpc) is 2.46. The first kappa shape index (κ1) is 13.5. The largest absolute Gasteiger partial charge is 0.506 e. The number of aromatic hydroxyl groups is 1. The first-order valence-electron chi connectivity index (χ1n) is 6.97. The van der Waals surface area contributed by atoms with Crippen LogP contribution in [0.4, 0.5) is 5.69 Å². The van der Waals surface area contributed by atoms with Crippen molar-refractivity contribution < 1.29 is 5.11 Å². The Labute approximate surface area is 128 Å². The number of benzene rings is 2. The van der Waals surface area contributed by atoms with Crippen LogP contribution >= 0.6 is 15.9 Å². The number of halogens is 1. The van der Waals surface area contributed by atoms with Gasteiger partial charge in [-0.25, -0.2) is 0 Å². The van der Waals surface area contributed by atoms with Gasteiger partial charge in [0.25, 0.3) is 0 Å². The minimum absolute atomic E-state index is 0.350. The minimum atomic E-state index is 0.350. The highest BCUT2D eigenvalue weighted by atomic mass is 79.9. The van der Waals surface area contributed by atoms with E-state index in [0.717, 1.165) is 29.4 Å². The molecular formula is C17H18BrNO. The fourth-order valence-electron chi connectivity index (χ4n) is 2.87. The molecule has 20 heavy (non-hydrogen) atoms. The Morgan fingerprint density at radius 1 is 1.20 bits per heavy atom. The number of anilines is 1. The van der Waals surface area contributed by atoms with E-state index in [-0.39, 0.29) is 0 Å². The molecule has 0 aromatic heterocycles. The molecule has 0 saturated heterocycles. The van der Waals surface area contributed by atoms with Crippen molar-refractivity contribution in [3.8, 4) is 5.75 Å². The van der Waals surface area contributed by atoms with Crippen LogP contribution in [0.5, 0.6) is 5.75 Å². The number of para-hydroxylation sites is 2. The predicted molar refractivity (Wildman–Crippen MR) is 86.2 cm³/mol. The molecule has 1 heterocycles. The molecule has 1 unspecified atom stereocenters. The van der Waals surface area contributed by atoms with E-state index in [9.17, 15) is 5.11 Å². The van der Waals surface area contributed by atoms with Crippen molar-refractivity contribution in [3.63, 3.8) is 0 Å². The summed E-state index contributed by atoms with van der Waals surface area (Å²) >= 11 is 3.39. The van der Waals surface area contributed by atoms with Crippen LogP contribution in [0.2, 0.25) is 0 Å². The maximum absolute atomic E-state index is 10.2. The Morgan fingerprint density at radius 2 is 2.00 bits per heavy atom. The third-order valence-electron chi connectivity index (χ3n) is 4.08. The highest BCUT2D eigenvalue weighted by Gasteiger charge is 2.23. The van der Waals surface area contributed by atoms with Gasteiger partial charge in [0.05, 0.1) is 4.47 Å². The van der Waals surface area contributed by atoms with Gasteiger partial charge in [0.2, 0.25) is 0 Å². The van der Waals surface area contributed by atoms with Gasteiger partial charge in [0.15, 0.2) is 0 Å². The molecule has 2 aromatic rings. The van der Waals surface area contributed by atoms with E-state index in [1.165, 1.54) is 11.3 Å². The number of hydrogen-bond acceptors (Lipinski definition) is 2. The summed E-state index contributed by atoms with van der Waals surface area (Å²) in [4.78, 5) is 2.39. The lowest BCUT2D eigenvalue weighted by molar-refractivity contribution is 0.460. The van der Waals surface area contributed by atoms with Crippen LogP contribution in [0.15, 0.2) is 46.9 Å². The van der Waals surface area contributed by atoms with Gasteiger partial charge in [-0.05, 0) is 53.4 Å². The molecule has 0 radical (unpaired) electrons. The van der Waals surface area contributed by atoms with Gasteiger partial charge >= 0.3 is 0 Å². The smallest absolute Gasteiger partial charge is 0.134 e. The maximum atomic E-state index is 10.2. The lowest BCUT2D eigenvalue weighted by Gasteiger charge is -2.37. The normalized spacial score (nSPS) is 17.9. The van der Waals surface area contributed by atoms with Gasteiger partial charge in [-0.2, -0.15) is 0 Å². The summed E-state index contributed by atoms with van der Waals surface area (Å²) in [5.74, 6) is 0.350. The summed E-state index contributed by atoms with van der Waals surface area (Å²) in [6.07, 6.45) is 2.30. The zero-order valence-corrected chi connectivity index (χ0v) is 13.1. The monoisotopic (exact) mass is 331 g/mol. The molecule has 2 nitrogen and oxygen atoms in total. The van der Waals surface area contributed by atoms with Crippen molar-refractivity contribution in [2.45, 2.75) is 32.4 Å². The second kappa shape index (κ2) is 5.49. The summed E-state index contributed by atoms with van der Waals surface area (Å²) < 4.78 is 0.757. The second-order valence-electron chi connectivity index (χ2n) is 5.39. The molecule has 3 rings (SSSR count). The van der Waals surface area contributed by atoms with Gasteiger partial charge < -0.3 is 10.0 Å². The molecule has 0 aliphatic carbocycles. The third kappa shape index (κ3) is 2.42. The Hall–Kier alpha value is -1.48. The molecule has 0 bridgehead atoms. The molecule has 1 N–H and O–H groups in total. The lowest BCUT2D eigenvalue weighted by Crippen LogP contribution is -2.36. The Morgan fingerprint density at radius 3 is 2.85 bits per heavy atom. The number of phenolic OH excluding ortho intramolecular Hbond substituents is 1. The van der Waals surface area contributed by atoms with Gasteiger partial charge in [0.1, 0.15) is 5.75 Å². The number of aryl methyl sites for hydroxylation is 1. The quantitative estimate of drug-likeness (QED) is 0.875. The molecular weight excluding hydrogens is 314 g/mol. The summed E-state index contributed by atoms with van der Waals surface area (Å²) in [5.41, 5.74) is 3.66. The van der Waals surface area contributed by atoms with Gasteiger partial charge in [-0.3, -0.25) is 0 Å². The molecule has 1 atom stereocenters. The molecule has 0 saturated carbocycles. The number of nitrogens with zero attached hydrogens (tertiary/aromatic N) is 1. The standard InChI is InChI=1S/C17H18BrNO/c1-12-9-10-13-5-2-3-8-16(13)19(12)11-14-6-4-7-15(18)17(14)20/h2-8,12,20H,9-11H2,1H3. The number of hydrogen-bond donors (Lipinski definition) is 1. The van der Waals surface area contributed by atoms with Crippen molar-refractivity contribution in [1.82, 2.24) is 0 Å². The SMILES string of the molecule is CC1CCc2ccccc2N1Cc1cccc(Br)c1O. The van der Waals surface area contributed by atoms with Crippen LogP contribution in [0.25, 0.3) is 0 Å².